The van der Waals surface area contributed by atoms with Gasteiger partial charge in [-0.05, 0) is 44.2 Å². The van der Waals surface area contributed by atoms with Gasteiger partial charge in [-0.2, -0.15) is 13.2 Å². The Kier molecular flexibility index (Phi) is 6.02. The van der Waals surface area contributed by atoms with Gasteiger partial charge in [0.15, 0.2) is 0 Å². The summed E-state index contributed by atoms with van der Waals surface area (Å²) in [5, 5.41) is 2.59. The highest BCUT2D eigenvalue weighted by Crippen LogP contribution is 2.19. The number of hydrogen-bond donors (Lipinski definition) is 2. The predicted molar refractivity (Wildman–Crippen MR) is 76.9 cm³/mol. The second-order valence-electron chi connectivity index (χ2n) is 4.87. The van der Waals surface area contributed by atoms with Gasteiger partial charge in [-0.15, -0.1) is 0 Å². The summed E-state index contributed by atoms with van der Waals surface area (Å²) >= 11 is 0. The third-order valence-electron chi connectivity index (χ3n) is 3.00. The topological polar surface area (TPSA) is 58.4 Å². The minimum absolute atomic E-state index is 0.204. The summed E-state index contributed by atoms with van der Waals surface area (Å²) < 4.78 is 37.6. The van der Waals surface area contributed by atoms with Gasteiger partial charge < -0.3 is 11.1 Å². The van der Waals surface area contributed by atoms with Crippen molar-refractivity contribution >= 4 is 17.3 Å². The normalized spacial score (nSPS) is 13.2. The van der Waals surface area contributed by atoms with Gasteiger partial charge in [0, 0.05) is 11.4 Å². The Hall–Kier alpha value is -1.76. The summed E-state index contributed by atoms with van der Waals surface area (Å²) in [6.45, 7) is 2.34. The van der Waals surface area contributed by atoms with E-state index in [0.717, 1.165) is 4.90 Å². The second-order valence-corrected chi connectivity index (χ2v) is 4.87. The van der Waals surface area contributed by atoms with Crippen LogP contribution in [0.5, 0.6) is 0 Å². The molecule has 118 valence electrons. The van der Waals surface area contributed by atoms with E-state index in [1.165, 1.54) is 6.92 Å². The highest BCUT2D eigenvalue weighted by atomic mass is 19.4. The van der Waals surface area contributed by atoms with E-state index in [0.29, 0.717) is 17.8 Å². The fraction of sp³-hybridized carbons (Fsp3) is 0.500. The van der Waals surface area contributed by atoms with E-state index in [-0.39, 0.29) is 6.54 Å². The number of nitrogens with one attached hydrogen (secondary N) is 1. The number of hydrogen-bond acceptors (Lipinski definition) is 3. The van der Waals surface area contributed by atoms with Crippen LogP contribution in [0.4, 0.5) is 24.5 Å². The first-order valence-electron chi connectivity index (χ1n) is 6.70. The number of amides is 1. The molecular weight excluding hydrogens is 283 g/mol. The van der Waals surface area contributed by atoms with Crippen LogP contribution in [0.3, 0.4) is 0 Å². The van der Waals surface area contributed by atoms with Crippen LogP contribution in [-0.2, 0) is 4.79 Å². The maximum atomic E-state index is 12.5. The molecule has 1 aromatic carbocycles. The van der Waals surface area contributed by atoms with Crippen molar-refractivity contribution in [2.45, 2.75) is 32.5 Å². The Balaban J connectivity index is 2.71. The number of halogens is 3. The van der Waals surface area contributed by atoms with Crippen molar-refractivity contribution in [3.8, 4) is 0 Å². The van der Waals surface area contributed by atoms with Crippen LogP contribution >= 0.6 is 0 Å². The number of benzene rings is 1. The summed E-state index contributed by atoms with van der Waals surface area (Å²) in [4.78, 5) is 13.2. The molecule has 7 heteroatoms. The number of nitrogen functional groups attached to an aromatic ring is 1. The van der Waals surface area contributed by atoms with Gasteiger partial charge in [0.2, 0.25) is 5.91 Å². The lowest BCUT2D eigenvalue weighted by molar-refractivity contribution is -0.153. The molecule has 0 saturated carbocycles. The molecule has 0 spiro atoms. The molecule has 0 aliphatic rings. The number of carbonyl (C=O) groups is 1. The number of alkyl halides is 3. The van der Waals surface area contributed by atoms with Crippen molar-refractivity contribution in [1.29, 1.82) is 0 Å². The maximum Gasteiger partial charge on any atom is 0.401 e. The fourth-order valence-corrected chi connectivity index (χ4v) is 1.91. The maximum absolute atomic E-state index is 12.5. The molecule has 0 saturated heterocycles. The standard InChI is InChI=1S/C14H20F3N3O/c1-3-8-20(9-14(15,16)17)10(2)13(21)19-12-6-4-11(18)5-7-12/h4-7,10H,3,8-9,18H2,1-2H3,(H,19,21). The molecule has 21 heavy (non-hydrogen) atoms. The van der Waals surface area contributed by atoms with Crippen LogP contribution in [0, 0.1) is 0 Å². The van der Waals surface area contributed by atoms with Gasteiger partial charge >= 0.3 is 6.18 Å². The zero-order valence-corrected chi connectivity index (χ0v) is 12.1. The Bertz CT molecular complexity index is 460. The van der Waals surface area contributed by atoms with Crippen molar-refractivity contribution < 1.29 is 18.0 Å². The number of carbonyl (C=O) groups excluding carboxylic acids is 1. The smallest absolute Gasteiger partial charge is 0.399 e. The van der Waals surface area contributed by atoms with E-state index in [1.807, 2.05) is 0 Å². The molecule has 1 rings (SSSR count). The average Bonchev–Trinajstić information content (AvgIpc) is 2.38. The lowest BCUT2D eigenvalue weighted by Crippen LogP contribution is -2.46. The van der Waals surface area contributed by atoms with Crippen molar-refractivity contribution in [1.82, 2.24) is 4.90 Å². The first kappa shape index (κ1) is 17.3. The van der Waals surface area contributed by atoms with E-state index < -0.39 is 24.7 Å². The largest absolute Gasteiger partial charge is 0.401 e. The van der Waals surface area contributed by atoms with Crippen molar-refractivity contribution in [2.75, 3.05) is 24.1 Å². The van der Waals surface area contributed by atoms with Crippen LogP contribution in [0.1, 0.15) is 20.3 Å². The zero-order chi connectivity index (χ0) is 16.0. The molecule has 0 aliphatic carbocycles. The van der Waals surface area contributed by atoms with E-state index in [9.17, 15) is 18.0 Å². The van der Waals surface area contributed by atoms with Crippen molar-refractivity contribution in [3.05, 3.63) is 24.3 Å². The molecule has 0 aromatic heterocycles. The van der Waals surface area contributed by atoms with E-state index in [1.54, 1.807) is 31.2 Å². The monoisotopic (exact) mass is 303 g/mol. The molecule has 0 heterocycles. The minimum Gasteiger partial charge on any atom is -0.399 e. The quantitative estimate of drug-likeness (QED) is 0.795. The summed E-state index contributed by atoms with van der Waals surface area (Å²) in [5.41, 5.74) is 6.58. The number of nitrogens with two attached hydrogens (primary N) is 1. The van der Waals surface area contributed by atoms with Gasteiger partial charge in [0.25, 0.3) is 0 Å². The molecule has 3 N–H and O–H groups in total. The third-order valence-corrected chi connectivity index (χ3v) is 3.00. The van der Waals surface area contributed by atoms with Crippen LogP contribution in [-0.4, -0.2) is 36.1 Å². The van der Waals surface area contributed by atoms with Gasteiger partial charge in [-0.25, -0.2) is 0 Å². The van der Waals surface area contributed by atoms with Crippen LogP contribution in [0.25, 0.3) is 0 Å². The summed E-state index contributed by atoms with van der Waals surface area (Å²) in [6, 6.07) is 5.56. The SMILES string of the molecule is CCCN(CC(F)(F)F)C(C)C(=O)Nc1ccc(N)cc1. The molecule has 1 aromatic rings. The van der Waals surface area contributed by atoms with Crippen LogP contribution in [0.2, 0.25) is 0 Å². The number of anilines is 2. The number of rotatable bonds is 6. The van der Waals surface area contributed by atoms with Crippen molar-refractivity contribution in [3.63, 3.8) is 0 Å². The molecule has 0 bridgehead atoms. The first-order chi connectivity index (χ1) is 9.73. The van der Waals surface area contributed by atoms with Gasteiger partial charge in [0.1, 0.15) is 0 Å². The summed E-state index contributed by atoms with van der Waals surface area (Å²) in [7, 11) is 0. The van der Waals surface area contributed by atoms with Gasteiger partial charge in [0.05, 0.1) is 12.6 Å². The molecular formula is C14H20F3N3O. The van der Waals surface area contributed by atoms with E-state index in [2.05, 4.69) is 5.32 Å². The predicted octanol–water partition coefficient (Wildman–Crippen LogP) is 2.87. The zero-order valence-electron chi connectivity index (χ0n) is 12.1. The number of nitrogens with zero attached hydrogens (tertiary/aromatic N) is 1. The van der Waals surface area contributed by atoms with Crippen molar-refractivity contribution in [2.24, 2.45) is 0 Å². The molecule has 0 fully saturated rings. The molecule has 1 atom stereocenters. The Morgan fingerprint density at radius 1 is 1.33 bits per heavy atom. The third kappa shape index (κ3) is 6.03. The lowest BCUT2D eigenvalue weighted by Gasteiger charge is -2.28. The Morgan fingerprint density at radius 2 is 1.90 bits per heavy atom. The van der Waals surface area contributed by atoms with E-state index in [4.69, 9.17) is 5.73 Å². The Labute approximate surface area is 122 Å². The lowest BCUT2D eigenvalue weighted by atomic mass is 10.2. The summed E-state index contributed by atoms with van der Waals surface area (Å²) in [6.07, 6.45) is -3.79. The minimum atomic E-state index is -4.33. The molecule has 0 aliphatic heterocycles. The van der Waals surface area contributed by atoms with Crippen LogP contribution < -0.4 is 11.1 Å². The summed E-state index contributed by atoms with van der Waals surface area (Å²) in [5.74, 6) is -0.475. The first-order valence-corrected chi connectivity index (χ1v) is 6.70. The fourth-order valence-electron chi connectivity index (χ4n) is 1.91. The Morgan fingerprint density at radius 3 is 2.38 bits per heavy atom. The van der Waals surface area contributed by atoms with Gasteiger partial charge in [-0.3, -0.25) is 9.69 Å². The molecule has 1 unspecified atom stereocenters. The van der Waals surface area contributed by atoms with E-state index >= 15 is 0 Å². The second kappa shape index (κ2) is 7.31. The molecule has 4 nitrogen and oxygen atoms in total. The van der Waals surface area contributed by atoms with Crippen LogP contribution in [0.15, 0.2) is 24.3 Å². The van der Waals surface area contributed by atoms with Gasteiger partial charge in [-0.1, -0.05) is 6.92 Å². The molecule has 0 radical (unpaired) electrons. The average molecular weight is 303 g/mol. The highest BCUT2D eigenvalue weighted by molar-refractivity contribution is 5.94. The molecule has 1 amide bonds. The highest BCUT2D eigenvalue weighted by Gasteiger charge is 2.34.